The molecule has 1 spiro atoms. The van der Waals surface area contributed by atoms with Gasteiger partial charge in [-0.3, -0.25) is 4.79 Å². The van der Waals surface area contributed by atoms with E-state index in [9.17, 15) is 13.2 Å². The molecular weight excluding hydrogens is 456 g/mol. The quantitative estimate of drug-likeness (QED) is 0.712. The van der Waals surface area contributed by atoms with Crippen LogP contribution in [0.5, 0.6) is 17.2 Å². The average molecular weight is 487 g/mol. The second-order valence-corrected chi connectivity index (χ2v) is 11.1. The number of hydrogen-bond acceptors (Lipinski definition) is 6. The van der Waals surface area contributed by atoms with Gasteiger partial charge in [0, 0.05) is 17.5 Å². The Bertz CT molecular complexity index is 1240. The second kappa shape index (κ2) is 8.46. The minimum absolute atomic E-state index is 0.0522. The van der Waals surface area contributed by atoms with Crippen molar-refractivity contribution in [3.05, 3.63) is 47.0 Å². The van der Waals surface area contributed by atoms with Crippen molar-refractivity contribution < 1.29 is 27.4 Å². The highest BCUT2D eigenvalue weighted by atomic mass is 32.2. The Morgan fingerprint density at radius 2 is 1.79 bits per heavy atom. The lowest BCUT2D eigenvalue weighted by molar-refractivity contribution is 0.0593. The molecule has 8 nitrogen and oxygen atoms in total. The van der Waals surface area contributed by atoms with E-state index in [1.807, 2.05) is 17.9 Å². The predicted molar refractivity (Wildman–Crippen MR) is 126 cm³/mol. The molecule has 0 bridgehead atoms. The van der Waals surface area contributed by atoms with Gasteiger partial charge in [-0.1, -0.05) is 12.8 Å². The van der Waals surface area contributed by atoms with Gasteiger partial charge < -0.3 is 19.1 Å². The molecule has 1 aliphatic carbocycles. The SMILES string of the molecule is CNS(=O)(=O)c1cc(C(=O)N2CC3(CCCC3)c3cc4c(cc3C2C)OCCO4)ccc1OC. The molecule has 1 unspecified atom stereocenters. The van der Waals surface area contributed by atoms with Gasteiger partial charge in [0.1, 0.15) is 23.9 Å². The van der Waals surface area contributed by atoms with Crippen LogP contribution in [0.2, 0.25) is 0 Å². The van der Waals surface area contributed by atoms with Crippen molar-refractivity contribution in [2.24, 2.45) is 0 Å². The number of benzene rings is 2. The highest BCUT2D eigenvalue weighted by Gasteiger charge is 2.46. The Kier molecular flexibility index (Phi) is 5.72. The topological polar surface area (TPSA) is 94.2 Å². The third kappa shape index (κ3) is 3.62. The monoisotopic (exact) mass is 486 g/mol. The van der Waals surface area contributed by atoms with Crippen LogP contribution in [0.4, 0.5) is 0 Å². The lowest BCUT2D eigenvalue weighted by atomic mass is 9.71. The lowest BCUT2D eigenvalue weighted by Crippen LogP contribution is -2.48. The summed E-state index contributed by atoms with van der Waals surface area (Å²) in [5.74, 6) is 1.49. The van der Waals surface area contributed by atoms with Crippen molar-refractivity contribution >= 4 is 15.9 Å². The van der Waals surface area contributed by atoms with Crippen molar-refractivity contribution in [2.45, 2.75) is 49.0 Å². The van der Waals surface area contributed by atoms with Crippen molar-refractivity contribution in [1.82, 2.24) is 9.62 Å². The van der Waals surface area contributed by atoms with E-state index in [2.05, 4.69) is 10.8 Å². The van der Waals surface area contributed by atoms with Crippen LogP contribution in [0, 0.1) is 0 Å². The number of rotatable bonds is 4. The number of amides is 1. The first-order valence-electron chi connectivity index (χ1n) is 11.7. The Hall–Kier alpha value is -2.78. The largest absolute Gasteiger partial charge is 0.495 e. The molecule has 0 saturated heterocycles. The maximum atomic E-state index is 13.8. The molecule has 0 radical (unpaired) electrons. The van der Waals surface area contributed by atoms with Gasteiger partial charge in [0.05, 0.1) is 13.2 Å². The van der Waals surface area contributed by atoms with Gasteiger partial charge in [-0.15, -0.1) is 0 Å². The molecule has 34 heavy (non-hydrogen) atoms. The summed E-state index contributed by atoms with van der Waals surface area (Å²) in [7, 11) is -1.05. The van der Waals surface area contributed by atoms with Crippen LogP contribution < -0.4 is 18.9 Å². The Morgan fingerprint density at radius 1 is 1.12 bits per heavy atom. The average Bonchev–Trinajstić information content (AvgIpc) is 3.34. The predicted octanol–water partition coefficient (Wildman–Crippen LogP) is 3.40. The van der Waals surface area contributed by atoms with Crippen molar-refractivity contribution in [1.29, 1.82) is 0 Å². The Morgan fingerprint density at radius 3 is 2.44 bits per heavy atom. The summed E-state index contributed by atoms with van der Waals surface area (Å²) in [4.78, 5) is 15.7. The van der Waals surface area contributed by atoms with Crippen LogP contribution in [0.3, 0.4) is 0 Å². The number of sulfonamides is 1. The van der Waals surface area contributed by atoms with Gasteiger partial charge in [-0.05, 0) is 68.3 Å². The molecule has 5 rings (SSSR count). The molecule has 2 aromatic carbocycles. The third-order valence-corrected chi connectivity index (χ3v) is 8.90. The zero-order chi connectivity index (χ0) is 24.1. The molecule has 182 valence electrons. The van der Waals surface area contributed by atoms with E-state index < -0.39 is 10.0 Å². The maximum Gasteiger partial charge on any atom is 0.254 e. The minimum Gasteiger partial charge on any atom is -0.495 e. The summed E-state index contributed by atoms with van der Waals surface area (Å²) in [6.07, 6.45) is 4.21. The third-order valence-electron chi connectivity index (χ3n) is 7.47. The molecule has 1 N–H and O–H groups in total. The van der Waals surface area contributed by atoms with E-state index in [1.165, 1.54) is 31.9 Å². The summed E-state index contributed by atoms with van der Waals surface area (Å²) in [6, 6.07) is 8.52. The number of ether oxygens (including phenoxy) is 3. The standard InChI is InChI=1S/C25H30N2O6S/c1-16-18-13-21-22(33-11-10-32-21)14-19(18)25(8-4-5-9-25)15-27(16)24(28)17-6-7-20(31-3)23(12-17)34(29,30)26-2/h6-7,12-14,16,26H,4-5,8-11,15H2,1-3H3. The number of methoxy groups -OCH3 is 1. The van der Waals surface area contributed by atoms with Gasteiger partial charge in [0.25, 0.3) is 5.91 Å². The van der Waals surface area contributed by atoms with E-state index in [4.69, 9.17) is 14.2 Å². The summed E-state index contributed by atoms with van der Waals surface area (Å²) < 4.78 is 44.4. The van der Waals surface area contributed by atoms with E-state index in [1.54, 1.807) is 6.07 Å². The summed E-state index contributed by atoms with van der Waals surface area (Å²) in [5, 5.41) is 0. The number of nitrogens with zero attached hydrogens (tertiary/aromatic N) is 1. The van der Waals surface area contributed by atoms with Gasteiger partial charge in [-0.2, -0.15) is 0 Å². The van der Waals surface area contributed by atoms with Crippen molar-refractivity contribution in [3.63, 3.8) is 0 Å². The molecule has 2 heterocycles. The second-order valence-electron chi connectivity index (χ2n) is 9.25. The van der Waals surface area contributed by atoms with Crippen LogP contribution in [0.15, 0.2) is 35.2 Å². The Labute approximate surface area is 200 Å². The van der Waals surface area contributed by atoms with Gasteiger partial charge in [0.2, 0.25) is 10.0 Å². The minimum atomic E-state index is -3.80. The van der Waals surface area contributed by atoms with E-state index in [-0.39, 0.29) is 28.0 Å². The number of carbonyl (C=O) groups is 1. The van der Waals surface area contributed by atoms with E-state index in [0.717, 1.165) is 37.0 Å². The van der Waals surface area contributed by atoms with Crippen molar-refractivity contribution in [3.8, 4) is 17.2 Å². The fourth-order valence-corrected chi connectivity index (χ4v) is 6.57. The highest BCUT2D eigenvalue weighted by Crippen LogP contribution is 2.52. The summed E-state index contributed by atoms with van der Waals surface area (Å²) in [5.41, 5.74) is 2.50. The first kappa shape index (κ1) is 23.0. The molecule has 2 aromatic rings. The first-order chi connectivity index (χ1) is 16.3. The first-order valence-corrected chi connectivity index (χ1v) is 13.1. The van der Waals surface area contributed by atoms with Crippen LogP contribution in [-0.4, -0.2) is 53.1 Å². The zero-order valence-electron chi connectivity index (χ0n) is 19.7. The molecule has 0 aromatic heterocycles. The number of hydrogen-bond donors (Lipinski definition) is 1. The normalized spacial score (nSPS) is 20.8. The molecule has 1 amide bonds. The zero-order valence-corrected chi connectivity index (χ0v) is 20.5. The fraction of sp³-hybridized carbons (Fsp3) is 0.480. The molecular formula is C25H30N2O6S. The smallest absolute Gasteiger partial charge is 0.254 e. The van der Waals surface area contributed by atoms with Gasteiger partial charge in [-0.25, -0.2) is 13.1 Å². The lowest BCUT2D eigenvalue weighted by Gasteiger charge is -2.46. The fourth-order valence-electron chi connectivity index (χ4n) is 5.65. The van der Waals surface area contributed by atoms with Crippen LogP contribution >= 0.6 is 0 Å². The van der Waals surface area contributed by atoms with Crippen LogP contribution in [0.1, 0.15) is 60.1 Å². The van der Waals surface area contributed by atoms with E-state index >= 15 is 0 Å². The van der Waals surface area contributed by atoms with Gasteiger partial charge >= 0.3 is 0 Å². The highest BCUT2D eigenvalue weighted by molar-refractivity contribution is 7.89. The molecule has 2 aliphatic heterocycles. The van der Waals surface area contributed by atoms with Gasteiger partial charge in [0.15, 0.2) is 11.5 Å². The molecule has 1 saturated carbocycles. The number of fused-ring (bicyclic) bond motifs is 3. The van der Waals surface area contributed by atoms with Crippen LogP contribution in [0.25, 0.3) is 0 Å². The molecule has 9 heteroatoms. The number of carbonyl (C=O) groups excluding carboxylic acids is 1. The maximum absolute atomic E-state index is 13.8. The summed E-state index contributed by atoms with van der Waals surface area (Å²) >= 11 is 0. The molecule has 1 fully saturated rings. The van der Waals surface area contributed by atoms with Crippen molar-refractivity contribution in [2.75, 3.05) is 33.9 Å². The molecule has 1 atom stereocenters. The molecule has 3 aliphatic rings. The summed E-state index contributed by atoms with van der Waals surface area (Å²) in [6.45, 7) is 3.64. The number of nitrogens with one attached hydrogen (secondary N) is 1. The van der Waals surface area contributed by atoms with Crippen LogP contribution in [-0.2, 0) is 15.4 Å². The van der Waals surface area contributed by atoms with E-state index in [0.29, 0.717) is 31.1 Å². The Balaban J connectivity index is 1.58.